The largest absolute Gasteiger partial charge is 0.507 e. The van der Waals surface area contributed by atoms with Crippen LogP contribution in [0, 0.1) is 5.82 Å². The minimum absolute atomic E-state index is 0.0298. The van der Waals surface area contributed by atoms with Crippen LogP contribution in [0.4, 0.5) is 4.39 Å². The number of rotatable bonds is 4. The number of pyridine rings is 1. The first kappa shape index (κ1) is 20.0. The molecule has 30 heavy (non-hydrogen) atoms. The Labute approximate surface area is 180 Å². The zero-order chi connectivity index (χ0) is 21.3. The molecule has 0 bridgehead atoms. The molecule has 1 aromatic heterocycles. The van der Waals surface area contributed by atoms with Gasteiger partial charge in [0.15, 0.2) is 0 Å². The van der Waals surface area contributed by atoms with Crippen molar-refractivity contribution in [3.05, 3.63) is 106 Å². The first-order chi connectivity index (χ1) is 14.5. The van der Waals surface area contributed by atoms with Crippen molar-refractivity contribution in [1.29, 1.82) is 0 Å². The summed E-state index contributed by atoms with van der Waals surface area (Å²) in [6.07, 6.45) is 3.25. The van der Waals surface area contributed by atoms with E-state index in [4.69, 9.17) is 0 Å². The van der Waals surface area contributed by atoms with Crippen molar-refractivity contribution in [3.63, 3.8) is 0 Å². The van der Waals surface area contributed by atoms with E-state index in [1.54, 1.807) is 42.7 Å². The van der Waals surface area contributed by atoms with E-state index in [1.165, 1.54) is 29.2 Å². The summed E-state index contributed by atoms with van der Waals surface area (Å²) >= 11 is 3.38. The first-order valence-corrected chi connectivity index (χ1v) is 9.93. The Balaban J connectivity index is 1.85. The Morgan fingerprint density at radius 1 is 1.07 bits per heavy atom. The lowest BCUT2D eigenvalue weighted by molar-refractivity contribution is -0.140. The van der Waals surface area contributed by atoms with Gasteiger partial charge in [0.1, 0.15) is 11.6 Å². The molecule has 0 aliphatic carbocycles. The Bertz CT molecular complexity index is 1130. The van der Waals surface area contributed by atoms with Crippen LogP contribution in [0.1, 0.15) is 22.7 Å². The molecule has 5 nitrogen and oxygen atoms in total. The van der Waals surface area contributed by atoms with Crippen LogP contribution in [0.25, 0.3) is 5.76 Å². The minimum Gasteiger partial charge on any atom is -0.507 e. The molecule has 0 spiro atoms. The highest BCUT2D eigenvalue weighted by atomic mass is 79.9. The molecule has 0 unspecified atom stereocenters. The Kier molecular flexibility index (Phi) is 5.46. The lowest BCUT2D eigenvalue weighted by atomic mass is 9.95. The third-order valence-electron chi connectivity index (χ3n) is 4.92. The molecule has 150 valence electrons. The van der Waals surface area contributed by atoms with E-state index in [0.717, 1.165) is 10.0 Å². The van der Waals surface area contributed by atoms with Gasteiger partial charge in [-0.15, -0.1) is 0 Å². The second-order valence-electron chi connectivity index (χ2n) is 6.85. The monoisotopic (exact) mass is 466 g/mol. The molecule has 1 saturated heterocycles. The number of aromatic nitrogens is 1. The summed E-state index contributed by atoms with van der Waals surface area (Å²) in [5.41, 5.74) is 1.66. The fourth-order valence-corrected chi connectivity index (χ4v) is 3.75. The summed E-state index contributed by atoms with van der Waals surface area (Å²) in [5, 5.41) is 10.9. The van der Waals surface area contributed by atoms with Crippen molar-refractivity contribution in [3.8, 4) is 0 Å². The molecule has 2 aromatic carbocycles. The van der Waals surface area contributed by atoms with E-state index < -0.39 is 23.5 Å². The van der Waals surface area contributed by atoms with Crippen LogP contribution in [0.2, 0.25) is 0 Å². The topological polar surface area (TPSA) is 70.5 Å². The number of aliphatic hydroxyl groups excluding tert-OH is 1. The highest BCUT2D eigenvalue weighted by Crippen LogP contribution is 2.40. The van der Waals surface area contributed by atoms with Crippen molar-refractivity contribution < 1.29 is 19.1 Å². The van der Waals surface area contributed by atoms with E-state index in [0.29, 0.717) is 5.56 Å². The maximum Gasteiger partial charge on any atom is 0.295 e. The summed E-state index contributed by atoms with van der Waals surface area (Å²) in [4.78, 5) is 31.3. The van der Waals surface area contributed by atoms with Gasteiger partial charge in [0.2, 0.25) is 0 Å². The number of nitrogens with zero attached hydrogens (tertiary/aromatic N) is 2. The summed E-state index contributed by atoms with van der Waals surface area (Å²) in [5.74, 6) is -2.30. The highest BCUT2D eigenvalue weighted by molar-refractivity contribution is 9.10. The minimum atomic E-state index is -0.789. The van der Waals surface area contributed by atoms with E-state index in [2.05, 4.69) is 20.9 Å². The fourth-order valence-electron chi connectivity index (χ4n) is 3.49. The smallest absolute Gasteiger partial charge is 0.295 e. The van der Waals surface area contributed by atoms with Gasteiger partial charge in [0, 0.05) is 29.0 Å². The van der Waals surface area contributed by atoms with Gasteiger partial charge in [0.05, 0.1) is 11.6 Å². The van der Waals surface area contributed by atoms with Crippen molar-refractivity contribution in [1.82, 2.24) is 9.88 Å². The van der Waals surface area contributed by atoms with Gasteiger partial charge in [0.25, 0.3) is 11.7 Å². The third-order valence-corrected chi connectivity index (χ3v) is 5.45. The Morgan fingerprint density at radius 2 is 1.77 bits per heavy atom. The number of carbonyl (C=O) groups is 2. The Morgan fingerprint density at radius 3 is 2.40 bits per heavy atom. The average molecular weight is 467 g/mol. The summed E-state index contributed by atoms with van der Waals surface area (Å²) in [7, 11) is 0. The van der Waals surface area contributed by atoms with Crippen LogP contribution in [-0.4, -0.2) is 26.7 Å². The molecule has 1 amide bonds. The van der Waals surface area contributed by atoms with E-state index >= 15 is 0 Å². The van der Waals surface area contributed by atoms with Crippen molar-refractivity contribution in [2.45, 2.75) is 12.6 Å². The molecule has 1 aliphatic heterocycles. The molecule has 2 heterocycles. The molecular weight excluding hydrogens is 451 g/mol. The van der Waals surface area contributed by atoms with Gasteiger partial charge in [-0.05, 0) is 53.6 Å². The van der Waals surface area contributed by atoms with Gasteiger partial charge in [-0.3, -0.25) is 14.6 Å². The zero-order valence-corrected chi connectivity index (χ0v) is 17.2. The van der Waals surface area contributed by atoms with Crippen LogP contribution in [0.5, 0.6) is 0 Å². The van der Waals surface area contributed by atoms with E-state index in [-0.39, 0.29) is 23.4 Å². The van der Waals surface area contributed by atoms with Crippen LogP contribution < -0.4 is 0 Å². The predicted molar refractivity (Wildman–Crippen MR) is 113 cm³/mol. The van der Waals surface area contributed by atoms with E-state index in [9.17, 15) is 19.1 Å². The molecule has 1 fully saturated rings. The number of ketones is 1. The molecule has 7 heteroatoms. The van der Waals surface area contributed by atoms with Crippen LogP contribution in [0.3, 0.4) is 0 Å². The van der Waals surface area contributed by atoms with Gasteiger partial charge < -0.3 is 10.0 Å². The highest BCUT2D eigenvalue weighted by Gasteiger charge is 2.46. The lowest BCUT2D eigenvalue weighted by Gasteiger charge is -2.25. The van der Waals surface area contributed by atoms with Crippen molar-refractivity contribution in [2.75, 3.05) is 0 Å². The number of Topliss-reactive ketones (excluding diaryl/α,β-unsaturated/α-hetero) is 1. The normalized spacial score (nSPS) is 18.1. The number of aliphatic hydroxyl groups is 1. The molecule has 3 aromatic rings. The number of hydrogen-bond donors (Lipinski definition) is 1. The number of halogens is 2. The van der Waals surface area contributed by atoms with Crippen molar-refractivity contribution >= 4 is 33.4 Å². The molecule has 0 radical (unpaired) electrons. The van der Waals surface area contributed by atoms with Crippen LogP contribution in [-0.2, 0) is 16.1 Å². The summed E-state index contributed by atoms with van der Waals surface area (Å²) < 4.78 is 14.2. The molecule has 1 N–H and O–H groups in total. The van der Waals surface area contributed by atoms with Crippen LogP contribution >= 0.6 is 15.9 Å². The van der Waals surface area contributed by atoms with Gasteiger partial charge >= 0.3 is 0 Å². The first-order valence-electron chi connectivity index (χ1n) is 9.14. The number of amides is 1. The van der Waals surface area contributed by atoms with Gasteiger partial charge in [-0.1, -0.05) is 34.1 Å². The zero-order valence-electron chi connectivity index (χ0n) is 15.6. The number of carbonyl (C=O) groups excluding carboxylic acids is 2. The van der Waals surface area contributed by atoms with Crippen LogP contribution in [0.15, 0.2) is 83.1 Å². The second kappa shape index (κ2) is 8.20. The number of benzene rings is 2. The number of hydrogen-bond acceptors (Lipinski definition) is 4. The Hall–Kier alpha value is -3.32. The van der Waals surface area contributed by atoms with Gasteiger partial charge in [-0.2, -0.15) is 0 Å². The molecule has 0 saturated carbocycles. The van der Waals surface area contributed by atoms with Crippen molar-refractivity contribution in [2.24, 2.45) is 0 Å². The molecule has 1 atom stereocenters. The standard InChI is InChI=1S/C23H16BrFN2O3/c24-17-7-3-15(4-8-17)20-19(21(28)16-5-9-18(25)10-6-16)22(29)23(30)27(20)13-14-2-1-11-26-12-14/h1-12,20,28H,13H2/t20-/m0/s1. The summed E-state index contributed by atoms with van der Waals surface area (Å²) in [6, 6.07) is 15.1. The maximum atomic E-state index is 13.3. The molecular formula is C23H16BrFN2O3. The third kappa shape index (κ3) is 3.76. The van der Waals surface area contributed by atoms with Gasteiger partial charge in [-0.25, -0.2) is 4.39 Å². The molecule has 1 aliphatic rings. The number of likely N-dealkylation sites (tertiary alicyclic amines) is 1. The molecule has 4 rings (SSSR count). The fraction of sp³-hybridized carbons (Fsp3) is 0.0870. The summed E-state index contributed by atoms with van der Waals surface area (Å²) in [6.45, 7) is 0.152. The second-order valence-corrected chi connectivity index (χ2v) is 7.76. The van der Waals surface area contributed by atoms with E-state index in [1.807, 2.05) is 6.07 Å². The SMILES string of the molecule is O=C1C(=O)N(Cc2cccnc2)[C@@H](c2ccc(Br)cc2)C1=C(O)c1ccc(F)cc1. The maximum absolute atomic E-state index is 13.3. The average Bonchev–Trinajstić information content (AvgIpc) is 3.00. The lowest BCUT2D eigenvalue weighted by Crippen LogP contribution is -2.29. The quantitative estimate of drug-likeness (QED) is 0.346. The predicted octanol–water partition coefficient (Wildman–Crippen LogP) is 4.61.